The lowest BCUT2D eigenvalue weighted by molar-refractivity contribution is 0.400. The van der Waals surface area contributed by atoms with E-state index < -0.39 is 0 Å². The molecule has 0 N–H and O–H groups in total. The van der Waals surface area contributed by atoms with Crippen LogP contribution in [0.4, 0.5) is 0 Å². The van der Waals surface area contributed by atoms with E-state index in [1.54, 1.807) is 6.33 Å². The van der Waals surface area contributed by atoms with E-state index in [2.05, 4.69) is 23.9 Å². The Balaban J connectivity index is 0.000000791. The summed E-state index contributed by atoms with van der Waals surface area (Å²) in [7, 11) is 0. The average Bonchev–Trinajstić information content (AvgIpc) is 2.64. The Morgan fingerprint density at radius 1 is 1.36 bits per heavy atom. The van der Waals surface area contributed by atoms with Crippen molar-refractivity contribution in [1.82, 2.24) is 14.8 Å². The monoisotopic (exact) mass is 197 g/mol. The molecule has 0 radical (unpaired) electrons. The summed E-state index contributed by atoms with van der Waals surface area (Å²) in [4.78, 5) is 4.12. The molecule has 0 aliphatic heterocycles. The zero-order valence-corrected chi connectivity index (χ0v) is 10.1. The molecule has 0 saturated carbocycles. The van der Waals surface area contributed by atoms with Gasteiger partial charge in [-0.15, -0.1) is 0 Å². The highest BCUT2D eigenvalue weighted by atomic mass is 15.3. The number of hydrogen-bond donors (Lipinski definition) is 0. The van der Waals surface area contributed by atoms with Crippen molar-refractivity contribution >= 4 is 0 Å². The number of hydrogen-bond acceptors (Lipinski definition) is 2. The summed E-state index contributed by atoms with van der Waals surface area (Å²) in [6.45, 7) is 10.4. The van der Waals surface area contributed by atoms with E-state index in [1.165, 1.54) is 12.8 Å². The lowest BCUT2D eigenvalue weighted by Crippen LogP contribution is -2.11. The summed E-state index contributed by atoms with van der Waals surface area (Å²) in [5, 5.41) is 4.21. The van der Waals surface area contributed by atoms with E-state index in [-0.39, 0.29) is 0 Å². The van der Waals surface area contributed by atoms with Gasteiger partial charge in [0.15, 0.2) is 0 Å². The standard InChI is InChI=1S/C9H17N3.C2H6/c1-4-6-9(5-2)12-8(3)10-7-11-12;1-2/h7,9H,4-6H2,1-3H3;1-2H3. The van der Waals surface area contributed by atoms with Crippen molar-refractivity contribution in [3.05, 3.63) is 12.2 Å². The Bertz CT molecular complexity index is 230. The minimum Gasteiger partial charge on any atom is -0.247 e. The molecule has 0 fully saturated rings. The van der Waals surface area contributed by atoms with Gasteiger partial charge in [-0.1, -0.05) is 34.1 Å². The molecule has 1 atom stereocenters. The third kappa shape index (κ3) is 3.48. The maximum atomic E-state index is 4.21. The second-order valence-corrected chi connectivity index (χ2v) is 3.10. The summed E-state index contributed by atoms with van der Waals surface area (Å²) in [6, 6.07) is 0.539. The average molecular weight is 197 g/mol. The normalized spacial score (nSPS) is 11.8. The number of rotatable bonds is 4. The van der Waals surface area contributed by atoms with Crippen LogP contribution in [-0.4, -0.2) is 14.8 Å². The van der Waals surface area contributed by atoms with Crippen molar-refractivity contribution in [2.75, 3.05) is 0 Å². The minimum atomic E-state index is 0.539. The third-order valence-electron chi connectivity index (χ3n) is 2.19. The van der Waals surface area contributed by atoms with Crippen LogP contribution in [0.25, 0.3) is 0 Å². The van der Waals surface area contributed by atoms with Gasteiger partial charge >= 0.3 is 0 Å². The van der Waals surface area contributed by atoms with Crippen LogP contribution in [0.3, 0.4) is 0 Å². The van der Waals surface area contributed by atoms with Crippen LogP contribution in [0.1, 0.15) is 58.8 Å². The summed E-state index contributed by atoms with van der Waals surface area (Å²) >= 11 is 0. The van der Waals surface area contributed by atoms with E-state index in [9.17, 15) is 0 Å². The molecule has 82 valence electrons. The molecular formula is C11H23N3. The predicted octanol–water partition coefficient (Wildman–Crippen LogP) is 3.36. The topological polar surface area (TPSA) is 30.7 Å². The van der Waals surface area contributed by atoms with Crippen LogP contribution >= 0.6 is 0 Å². The lowest BCUT2D eigenvalue weighted by atomic mass is 10.1. The summed E-state index contributed by atoms with van der Waals surface area (Å²) in [5.41, 5.74) is 0. The first-order valence-corrected chi connectivity index (χ1v) is 5.65. The van der Waals surface area contributed by atoms with Crippen molar-refractivity contribution in [1.29, 1.82) is 0 Å². The van der Waals surface area contributed by atoms with Crippen molar-refractivity contribution in [2.45, 2.75) is 59.9 Å². The quantitative estimate of drug-likeness (QED) is 0.741. The van der Waals surface area contributed by atoms with Gasteiger partial charge in [-0.3, -0.25) is 0 Å². The molecule has 1 aromatic heterocycles. The molecule has 0 saturated heterocycles. The van der Waals surface area contributed by atoms with E-state index in [0.717, 1.165) is 12.2 Å². The lowest BCUT2D eigenvalue weighted by Gasteiger charge is -2.14. The Kier molecular flexibility index (Phi) is 7.07. The molecule has 14 heavy (non-hydrogen) atoms. The van der Waals surface area contributed by atoms with Crippen LogP contribution in [0.15, 0.2) is 6.33 Å². The van der Waals surface area contributed by atoms with E-state index in [4.69, 9.17) is 0 Å². The Hall–Kier alpha value is -0.860. The Morgan fingerprint density at radius 3 is 2.36 bits per heavy atom. The van der Waals surface area contributed by atoms with Crippen molar-refractivity contribution in [2.24, 2.45) is 0 Å². The second kappa shape index (κ2) is 7.54. The van der Waals surface area contributed by atoms with Crippen LogP contribution in [0.5, 0.6) is 0 Å². The zero-order valence-electron chi connectivity index (χ0n) is 10.1. The molecule has 0 bridgehead atoms. The first-order chi connectivity index (χ1) is 6.79. The number of aromatic nitrogens is 3. The van der Waals surface area contributed by atoms with E-state index in [1.807, 2.05) is 25.5 Å². The molecule has 3 nitrogen and oxygen atoms in total. The van der Waals surface area contributed by atoms with Gasteiger partial charge in [-0.25, -0.2) is 9.67 Å². The molecule has 0 aliphatic carbocycles. The number of aryl methyl sites for hydroxylation is 1. The zero-order chi connectivity index (χ0) is 11.0. The highest BCUT2D eigenvalue weighted by Crippen LogP contribution is 2.17. The van der Waals surface area contributed by atoms with Crippen molar-refractivity contribution < 1.29 is 0 Å². The smallest absolute Gasteiger partial charge is 0.138 e. The molecule has 3 heteroatoms. The molecule has 1 unspecified atom stereocenters. The molecule has 0 spiro atoms. The summed E-state index contributed by atoms with van der Waals surface area (Å²) < 4.78 is 2.03. The maximum absolute atomic E-state index is 4.21. The van der Waals surface area contributed by atoms with Gasteiger partial charge in [0.1, 0.15) is 12.2 Å². The molecule has 1 aromatic rings. The first kappa shape index (κ1) is 13.1. The molecule has 0 aromatic carbocycles. The molecule has 1 heterocycles. The third-order valence-corrected chi connectivity index (χ3v) is 2.19. The molecule has 1 rings (SSSR count). The fraction of sp³-hybridized carbons (Fsp3) is 0.818. The van der Waals surface area contributed by atoms with Gasteiger partial charge in [-0.2, -0.15) is 5.10 Å². The SMILES string of the molecule is CC.CCCC(CC)n1ncnc1C. The number of nitrogens with zero attached hydrogens (tertiary/aromatic N) is 3. The second-order valence-electron chi connectivity index (χ2n) is 3.10. The van der Waals surface area contributed by atoms with Gasteiger partial charge < -0.3 is 0 Å². The van der Waals surface area contributed by atoms with Gasteiger partial charge in [0, 0.05) is 0 Å². The van der Waals surface area contributed by atoms with Crippen LogP contribution < -0.4 is 0 Å². The highest BCUT2D eigenvalue weighted by molar-refractivity contribution is 4.82. The Morgan fingerprint density at radius 2 is 2.00 bits per heavy atom. The van der Waals surface area contributed by atoms with E-state index in [0.29, 0.717) is 6.04 Å². The largest absolute Gasteiger partial charge is 0.247 e. The summed E-state index contributed by atoms with van der Waals surface area (Å²) in [5.74, 6) is 1.02. The molecule has 0 amide bonds. The van der Waals surface area contributed by atoms with Gasteiger partial charge in [0.2, 0.25) is 0 Å². The van der Waals surface area contributed by atoms with Crippen molar-refractivity contribution in [3.8, 4) is 0 Å². The molecular weight excluding hydrogens is 174 g/mol. The first-order valence-electron chi connectivity index (χ1n) is 5.65. The van der Waals surface area contributed by atoms with E-state index >= 15 is 0 Å². The van der Waals surface area contributed by atoms with Crippen molar-refractivity contribution in [3.63, 3.8) is 0 Å². The fourth-order valence-corrected chi connectivity index (χ4v) is 1.50. The van der Waals surface area contributed by atoms with Gasteiger partial charge in [0.25, 0.3) is 0 Å². The minimum absolute atomic E-state index is 0.539. The summed E-state index contributed by atoms with van der Waals surface area (Å²) in [6.07, 6.45) is 5.17. The predicted molar refractivity (Wildman–Crippen MR) is 60.3 cm³/mol. The van der Waals surface area contributed by atoms with Crippen LogP contribution in [0.2, 0.25) is 0 Å². The maximum Gasteiger partial charge on any atom is 0.138 e. The fourth-order valence-electron chi connectivity index (χ4n) is 1.50. The van der Waals surface area contributed by atoms with Crippen LogP contribution in [0, 0.1) is 6.92 Å². The Labute approximate surface area is 87.5 Å². The molecule has 0 aliphatic rings. The highest BCUT2D eigenvalue weighted by Gasteiger charge is 2.09. The van der Waals surface area contributed by atoms with Crippen LogP contribution in [-0.2, 0) is 0 Å². The van der Waals surface area contributed by atoms with Gasteiger partial charge in [0.05, 0.1) is 6.04 Å². The van der Waals surface area contributed by atoms with Gasteiger partial charge in [-0.05, 0) is 19.8 Å².